The van der Waals surface area contributed by atoms with Crippen LogP contribution in [0.1, 0.15) is 17.7 Å². The first-order valence-electron chi connectivity index (χ1n) is 4.95. The number of hydrogen-bond acceptors (Lipinski definition) is 3. The molecule has 78 valence electrons. The van der Waals surface area contributed by atoms with E-state index in [1.807, 2.05) is 0 Å². The normalized spacial score (nSPS) is 15.5. The lowest BCUT2D eigenvalue weighted by atomic mass is 10.1. The number of rotatable bonds is 3. The summed E-state index contributed by atoms with van der Waals surface area (Å²) in [5, 5.41) is 15.0. The Bertz CT molecular complexity index is 367. The minimum atomic E-state index is 0.0787. The third-order valence-electron chi connectivity index (χ3n) is 2.53. The van der Waals surface area contributed by atoms with E-state index in [2.05, 4.69) is 10.4 Å². The number of hydrogen-bond donors (Lipinski definition) is 3. The van der Waals surface area contributed by atoms with Crippen molar-refractivity contribution < 1.29 is 5.11 Å². The number of aryl methyl sites for hydroxylation is 1. The lowest BCUT2D eigenvalue weighted by molar-refractivity contribution is 0.276. The summed E-state index contributed by atoms with van der Waals surface area (Å²) in [6.45, 7) is 2.31. The van der Waals surface area contributed by atoms with Gasteiger partial charge in [0.2, 0.25) is 0 Å². The number of nitrogens with one attached hydrogen (secondary N) is 2. The molecule has 0 radical (unpaired) electrons. The predicted molar refractivity (Wildman–Crippen MR) is 52.2 cm³/mol. The highest BCUT2D eigenvalue weighted by Gasteiger charge is 2.16. The van der Waals surface area contributed by atoms with Crippen LogP contribution in [0.5, 0.6) is 0 Å². The number of aliphatic hydroxyl groups is 1. The molecule has 14 heavy (non-hydrogen) atoms. The average molecular weight is 197 g/mol. The van der Waals surface area contributed by atoms with Crippen LogP contribution in [-0.2, 0) is 19.5 Å². The van der Waals surface area contributed by atoms with E-state index in [0.29, 0.717) is 13.0 Å². The molecule has 0 saturated heterocycles. The second-order valence-electron chi connectivity index (χ2n) is 3.53. The van der Waals surface area contributed by atoms with E-state index in [1.165, 1.54) is 0 Å². The van der Waals surface area contributed by atoms with Gasteiger partial charge < -0.3 is 10.4 Å². The van der Waals surface area contributed by atoms with Crippen molar-refractivity contribution >= 4 is 0 Å². The van der Waals surface area contributed by atoms with E-state index in [0.717, 1.165) is 30.8 Å². The third kappa shape index (κ3) is 1.60. The maximum Gasteiger partial charge on any atom is 0.270 e. The monoisotopic (exact) mass is 197 g/mol. The van der Waals surface area contributed by atoms with E-state index in [-0.39, 0.29) is 12.2 Å². The van der Waals surface area contributed by atoms with Gasteiger partial charge in [-0.05, 0) is 19.4 Å². The molecule has 5 nitrogen and oxygen atoms in total. The first-order valence-corrected chi connectivity index (χ1v) is 4.95. The zero-order valence-corrected chi connectivity index (χ0v) is 8.05. The van der Waals surface area contributed by atoms with Gasteiger partial charge in [0.05, 0.1) is 5.69 Å². The Kier molecular flexibility index (Phi) is 2.69. The smallest absolute Gasteiger partial charge is 0.270 e. The SMILES string of the molecule is O=c1c2c([nH]n1CCCO)CNCC2. The summed E-state index contributed by atoms with van der Waals surface area (Å²) in [5.74, 6) is 0. The van der Waals surface area contributed by atoms with Crippen molar-refractivity contribution in [2.75, 3.05) is 13.2 Å². The molecule has 2 heterocycles. The number of fused-ring (bicyclic) bond motifs is 1. The van der Waals surface area contributed by atoms with Crippen molar-refractivity contribution in [3.05, 3.63) is 21.6 Å². The first kappa shape index (κ1) is 9.48. The van der Waals surface area contributed by atoms with Gasteiger partial charge in [-0.3, -0.25) is 14.6 Å². The third-order valence-corrected chi connectivity index (χ3v) is 2.53. The molecule has 1 aliphatic rings. The van der Waals surface area contributed by atoms with Crippen molar-refractivity contribution in [1.29, 1.82) is 0 Å². The zero-order valence-electron chi connectivity index (χ0n) is 8.05. The van der Waals surface area contributed by atoms with Gasteiger partial charge in [-0.15, -0.1) is 0 Å². The van der Waals surface area contributed by atoms with Gasteiger partial charge in [0.15, 0.2) is 0 Å². The van der Waals surface area contributed by atoms with Gasteiger partial charge in [-0.25, -0.2) is 0 Å². The molecule has 0 amide bonds. The van der Waals surface area contributed by atoms with Crippen LogP contribution in [0.25, 0.3) is 0 Å². The Morgan fingerprint density at radius 2 is 2.36 bits per heavy atom. The molecule has 0 atom stereocenters. The Labute approximate surface area is 81.7 Å². The standard InChI is InChI=1S/C9H15N3O2/c13-5-1-4-12-9(14)7-2-3-10-6-8(7)11-12/h10-11,13H,1-6H2. The molecule has 2 rings (SSSR count). The van der Waals surface area contributed by atoms with Crippen LogP contribution < -0.4 is 10.9 Å². The van der Waals surface area contributed by atoms with Crippen LogP contribution in [-0.4, -0.2) is 28.0 Å². The van der Waals surface area contributed by atoms with Crippen LogP contribution in [0, 0.1) is 0 Å². The molecule has 0 unspecified atom stereocenters. The van der Waals surface area contributed by atoms with Crippen LogP contribution in [0.3, 0.4) is 0 Å². The molecule has 0 bridgehead atoms. The van der Waals surface area contributed by atoms with E-state index in [4.69, 9.17) is 5.11 Å². The highest BCUT2D eigenvalue weighted by molar-refractivity contribution is 5.19. The van der Waals surface area contributed by atoms with E-state index < -0.39 is 0 Å². The van der Waals surface area contributed by atoms with Gasteiger partial charge in [-0.1, -0.05) is 0 Å². The molecule has 0 fully saturated rings. The first-order chi connectivity index (χ1) is 6.83. The molecule has 1 aromatic heterocycles. The molecule has 3 N–H and O–H groups in total. The van der Waals surface area contributed by atoms with Gasteiger partial charge in [0.25, 0.3) is 5.56 Å². The Balaban J connectivity index is 2.25. The summed E-state index contributed by atoms with van der Waals surface area (Å²) < 4.78 is 1.59. The molecular weight excluding hydrogens is 182 g/mol. The van der Waals surface area contributed by atoms with E-state index >= 15 is 0 Å². The number of nitrogens with zero attached hydrogens (tertiary/aromatic N) is 1. The van der Waals surface area contributed by atoms with Crippen LogP contribution in [0.15, 0.2) is 4.79 Å². The second-order valence-corrected chi connectivity index (χ2v) is 3.53. The topological polar surface area (TPSA) is 70.0 Å². The van der Waals surface area contributed by atoms with Crippen molar-refractivity contribution in [3.63, 3.8) is 0 Å². The number of H-pyrrole nitrogens is 1. The fourth-order valence-corrected chi connectivity index (χ4v) is 1.79. The average Bonchev–Trinajstić information content (AvgIpc) is 2.54. The van der Waals surface area contributed by atoms with Crippen molar-refractivity contribution in [2.45, 2.75) is 25.9 Å². The molecule has 5 heteroatoms. The fraction of sp³-hybridized carbons (Fsp3) is 0.667. The molecule has 0 aromatic carbocycles. The summed E-state index contributed by atoms with van der Waals surface area (Å²) in [6.07, 6.45) is 1.42. The molecule has 1 aliphatic heterocycles. The quantitative estimate of drug-likeness (QED) is 0.594. The Morgan fingerprint density at radius 1 is 1.50 bits per heavy atom. The van der Waals surface area contributed by atoms with Gasteiger partial charge in [-0.2, -0.15) is 0 Å². The van der Waals surface area contributed by atoms with Gasteiger partial charge >= 0.3 is 0 Å². The minimum absolute atomic E-state index is 0.0787. The molecule has 1 aromatic rings. The zero-order chi connectivity index (χ0) is 9.97. The van der Waals surface area contributed by atoms with Gasteiger partial charge in [0.1, 0.15) is 0 Å². The maximum atomic E-state index is 11.7. The summed E-state index contributed by atoms with van der Waals surface area (Å²) in [4.78, 5) is 11.7. The number of aromatic amines is 1. The summed E-state index contributed by atoms with van der Waals surface area (Å²) in [5.41, 5.74) is 1.98. The minimum Gasteiger partial charge on any atom is -0.396 e. The lowest BCUT2D eigenvalue weighted by Gasteiger charge is -2.09. The largest absolute Gasteiger partial charge is 0.396 e. The Morgan fingerprint density at radius 3 is 3.07 bits per heavy atom. The highest BCUT2D eigenvalue weighted by atomic mass is 16.3. The summed E-state index contributed by atoms with van der Waals surface area (Å²) in [7, 11) is 0. The molecular formula is C9H15N3O2. The summed E-state index contributed by atoms with van der Waals surface area (Å²) in [6, 6.07) is 0. The van der Waals surface area contributed by atoms with E-state index in [9.17, 15) is 4.79 Å². The van der Waals surface area contributed by atoms with Crippen LogP contribution in [0.2, 0.25) is 0 Å². The second kappa shape index (κ2) is 3.98. The number of aromatic nitrogens is 2. The lowest BCUT2D eigenvalue weighted by Crippen LogP contribution is -2.26. The number of aliphatic hydroxyl groups excluding tert-OH is 1. The van der Waals surface area contributed by atoms with Crippen molar-refractivity contribution in [3.8, 4) is 0 Å². The van der Waals surface area contributed by atoms with Crippen LogP contribution >= 0.6 is 0 Å². The fourth-order valence-electron chi connectivity index (χ4n) is 1.79. The highest BCUT2D eigenvalue weighted by Crippen LogP contribution is 2.06. The maximum absolute atomic E-state index is 11.7. The molecule has 0 saturated carbocycles. The van der Waals surface area contributed by atoms with Crippen LogP contribution in [0.4, 0.5) is 0 Å². The molecule has 0 spiro atoms. The predicted octanol–water partition coefficient (Wildman–Crippen LogP) is -0.796. The Hall–Kier alpha value is -1.07. The van der Waals surface area contributed by atoms with Gasteiger partial charge in [0, 0.05) is 25.3 Å². The summed E-state index contributed by atoms with van der Waals surface area (Å²) >= 11 is 0. The van der Waals surface area contributed by atoms with E-state index in [1.54, 1.807) is 4.68 Å². The van der Waals surface area contributed by atoms with Crippen molar-refractivity contribution in [2.24, 2.45) is 0 Å². The molecule has 0 aliphatic carbocycles. The van der Waals surface area contributed by atoms with Crippen molar-refractivity contribution in [1.82, 2.24) is 15.1 Å².